The van der Waals surface area contributed by atoms with Crippen LogP contribution >= 0.6 is 8.03 Å². The summed E-state index contributed by atoms with van der Waals surface area (Å²) in [6.07, 6.45) is 0.830. The van der Waals surface area contributed by atoms with Gasteiger partial charge in [-0.05, 0) is 19.9 Å². The van der Waals surface area contributed by atoms with Crippen LogP contribution in [-0.2, 0) is 9.09 Å². The molecule has 0 heterocycles. The molecule has 3 nitrogen and oxygen atoms in total. The molecule has 0 aliphatic rings. The molecule has 2 N–H and O–H groups in total. The summed E-state index contributed by atoms with van der Waals surface area (Å²) in [7, 11) is -1.76. The molecule has 0 saturated carbocycles. The van der Waals surface area contributed by atoms with Crippen LogP contribution in [0.25, 0.3) is 0 Å². The van der Waals surface area contributed by atoms with Crippen molar-refractivity contribution in [2.45, 2.75) is 19.4 Å². The Hall–Kier alpha value is 0.150. The molecular formula is C5H14NO2P. The Morgan fingerprint density at radius 1 is 1.78 bits per heavy atom. The molecule has 4 heteroatoms. The van der Waals surface area contributed by atoms with Crippen molar-refractivity contribution in [2.75, 3.05) is 13.2 Å². The van der Waals surface area contributed by atoms with E-state index in [1.807, 2.05) is 6.92 Å². The molecule has 0 fully saturated rings. The summed E-state index contributed by atoms with van der Waals surface area (Å²) in [6, 6.07) is 0. The average molecular weight is 151 g/mol. The van der Waals surface area contributed by atoms with Gasteiger partial charge in [0.05, 0.1) is 6.10 Å². The number of rotatable bonds is 4. The van der Waals surface area contributed by atoms with Crippen LogP contribution < -0.4 is 5.73 Å². The van der Waals surface area contributed by atoms with Crippen LogP contribution in [0.15, 0.2) is 0 Å². The molecule has 56 valence electrons. The molecule has 9 heavy (non-hydrogen) atoms. The minimum atomic E-state index is -1.76. The van der Waals surface area contributed by atoms with Gasteiger partial charge in [0, 0.05) is 6.66 Å². The Morgan fingerprint density at radius 2 is 2.33 bits per heavy atom. The molecule has 0 radical (unpaired) electrons. The van der Waals surface area contributed by atoms with Crippen LogP contribution in [-0.4, -0.2) is 19.3 Å². The average Bonchev–Trinajstić information content (AvgIpc) is 1.63. The second-order valence-electron chi connectivity index (χ2n) is 2.00. The van der Waals surface area contributed by atoms with Gasteiger partial charge in [-0.2, -0.15) is 0 Å². The van der Waals surface area contributed by atoms with Gasteiger partial charge >= 0.3 is 0 Å². The first-order chi connectivity index (χ1) is 4.16. The van der Waals surface area contributed by atoms with Gasteiger partial charge in [-0.15, -0.1) is 0 Å². The minimum absolute atomic E-state index is 0.0476. The molecule has 2 atom stereocenters. The van der Waals surface area contributed by atoms with E-state index in [0.717, 1.165) is 6.42 Å². The maximum atomic E-state index is 10.5. The summed E-state index contributed by atoms with van der Waals surface area (Å²) >= 11 is 0. The first kappa shape index (κ1) is 9.15. The molecule has 2 unspecified atom stereocenters. The van der Waals surface area contributed by atoms with Gasteiger partial charge in [-0.25, -0.2) is 0 Å². The summed E-state index contributed by atoms with van der Waals surface area (Å²) < 4.78 is 15.4. The smallest absolute Gasteiger partial charge is 0.188 e. The molecule has 0 aliphatic carbocycles. The van der Waals surface area contributed by atoms with Crippen molar-refractivity contribution >= 4 is 8.03 Å². The van der Waals surface area contributed by atoms with Crippen molar-refractivity contribution in [1.29, 1.82) is 0 Å². The number of hydrogen-bond acceptors (Lipinski definition) is 3. The summed E-state index contributed by atoms with van der Waals surface area (Å²) in [6.45, 7) is 4.05. The van der Waals surface area contributed by atoms with Gasteiger partial charge in [-0.3, -0.25) is 4.57 Å². The standard InChI is InChI=1S/C5H14NO2P/c1-5(3-4-6)8-9(2)7/h5,9H,3-4,6H2,1-2H3. The lowest BCUT2D eigenvalue weighted by Gasteiger charge is -2.07. The molecule has 0 spiro atoms. The van der Waals surface area contributed by atoms with Gasteiger partial charge in [-0.1, -0.05) is 0 Å². The van der Waals surface area contributed by atoms with Crippen molar-refractivity contribution in [2.24, 2.45) is 5.73 Å². The zero-order valence-corrected chi connectivity index (χ0v) is 6.89. The van der Waals surface area contributed by atoms with Crippen LogP contribution in [0.5, 0.6) is 0 Å². The zero-order chi connectivity index (χ0) is 7.28. The quantitative estimate of drug-likeness (QED) is 0.606. The van der Waals surface area contributed by atoms with Gasteiger partial charge in [0.1, 0.15) is 0 Å². The largest absolute Gasteiger partial charge is 0.330 e. The van der Waals surface area contributed by atoms with Crippen LogP contribution in [0.1, 0.15) is 13.3 Å². The molecule has 0 aliphatic heterocycles. The van der Waals surface area contributed by atoms with Gasteiger partial charge < -0.3 is 10.3 Å². The highest BCUT2D eigenvalue weighted by molar-refractivity contribution is 7.38. The maximum absolute atomic E-state index is 10.5. The number of hydrogen-bond donors (Lipinski definition) is 1. The third-order valence-corrected chi connectivity index (χ3v) is 1.67. The monoisotopic (exact) mass is 151 g/mol. The molecule has 0 bridgehead atoms. The predicted octanol–water partition coefficient (Wildman–Crippen LogP) is 0.845. The summed E-state index contributed by atoms with van der Waals surface area (Å²) in [5, 5.41) is 0. The third kappa shape index (κ3) is 6.03. The van der Waals surface area contributed by atoms with Crippen LogP contribution in [0.4, 0.5) is 0 Å². The van der Waals surface area contributed by atoms with Crippen molar-refractivity contribution < 1.29 is 9.09 Å². The summed E-state index contributed by atoms with van der Waals surface area (Å²) in [5.74, 6) is 0. The number of nitrogens with two attached hydrogens (primary N) is 1. The molecule has 0 aromatic carbocycles. The van der Waals surface area contributed by atoms with E-state index in [-0.39, 0.29) is 6.10 Å². The van der Waals surface area contributed by atoms with Gasteiger partial charge in [0.15, 0.2) is 8.03 Å². The van der Waals surface area contributed by atoms with Crippen LogP contribution in [0.3, 0.4) is 0 Å². The second kappa shape index (κ2) is 4.98. The third-order valence-electron chi connectivity index (χ3n) is 0.940. The van der Waals surface area contributed by atoms with E-state index in [2.05, 4.69) is 0 Å². The van der Waals surface area contributed by atoms with E-state index in [4.69, 9.17) is 10.3 Å². The Kier molecular flexibility index (Phi) is 5.06. The molecule has 0 aromatic heterocycles. The van der Waals surface area contributed by atoms with Crippen LogP contribution in [0, 0.1) is 0 Å². The Balaban J connectivity index is 3.26. The predicted molar refractivity (Wildman–Crippen MR) is 39.1 cm³/mol. The van der Waals surface area contributed by atoms with Crippen LogP contribution in [0.2, 0.25) is 0 Å². The van der Waals surface area contributed by atoms with Crippen molar-refractivity contribution in [3.63, 3.8) is 0 Å². The fraction of sp³-hybridized carbons (Fsp3) is 1.00. The Bertz CT molecular complexity index is 97.0. The Morgan fingerprint density at radius 3 is 2.67 bits per heavy atom. The van der Waals surface area contributed by atoms with E-state index in [1.54, 1.807) is 6.66 Å². The lowest BCUT2D eigenvalue weighted by Crippen LogP contribution is -2.10. The maximum Gasteiger partial charge on any atom is 0.188 e. The molecule has 0 saturated heterocycles. The fourth-order valence-electron chi connectivity index (χ4n) is 0.577. The summed E-state index contributed by atoms with van der Waals surface area (Å²) in [4.78, 5) is 0. The second-order valence-corrected chi connectivity index (χ2v) is 3.22. The van der Waals surface area contributed by atoms with Crippen molar-refractivity contribution in [3.8, 4) is 0 Å². The molecular weight excluding hydrogens is 137 g/mol. The van der Waals surface area contributed by atoms with Gasteiger partial charge in [0.25, 0.3) is 0 Å². The lowest BCUT2D eigenvalue weighted by atomic mass is 10.3. The molecule has 0 amide bonds. The fourth-order valence-corrected chi connectivity index (χ4v) is 1.26. The highest BCUT2D eigenvalue weighted by atomic mass is 31.1. The lowest BCUT2D eigenvalue weighted by molar-refractivity contribution is 0.229. The van der Waals surface area contributed by atoms with E-state index in [1.165, 1.54) is 0 Å². The first-order valence-electron chi connectivity index (χ1n) is 3.04. The van der Waals surface area contributed by atoms with E-state index in [9.17, 15) is 4.57 Å². The highest BCUT2D eigenvalue weighted by Crippen LogP contribution is 2.19. The first-order valence-corrected chi connectivity index (χ1v) is 4.85. The van der Waals surface area contributed by atoms with Gasteiger partial charge in [0.2, 0.25) is 0 Å². The normalized spacial score (nSPS) is 17.2. The van der Waals surface area contributed by atoms with E-state index < -0.39 is 8.03 Å². The topological polar surface area (TPSA) is 52.3 Å². The SMILES string of the molecule is CC(CCN)O[PH](C)=O. The minimum Gasteiger partial charge on any atom is -0.330 e. The highest BCUT2D eigenvalue weighted by Gasteiger charge is 2.00. The molecule has 0 aromatic rings. The van der Waals surface area contributed by atoms with Crippen molar-refractivity contribution in [1.82, 2.24) is 0 Å². The zero-order valence-electron chi connectivity index (χ0n) is 5.89. The van der Waals surface area contributed by atoms with E-state index >= 15 is 0 Å². The van der Waals surface area contributed by atoms with Crippen molar-refractivity contribution in [3.05, 3.63) is 0 Å². The Labute approximate surface area is 56.4 Å². The summed E-state index contributed by atoms with van der Waals surface area (Å²) in [5.41, 5.74) is 5.23. The molecule has 0 rings (SSSR count). The van der Waals surface area contributed by atoms with E-state index in [0.29, 0.717) is 6.54 Å².